The minimum absolute atomic E-state index is 0.0106. The summed E-state index contributed by atoms with van der Waals surface area (Å²) in [6, 6.07) is 3.63. The van der Waals surface area contributed by atoms with Crippen LogP contribution in [0.1, 0.15) is 25.3 Å². The van der Waals surface area contributed by atoms with E-state index in [1.54, 1.807) is 0 Å². The summed E-state index contributed by atoms with van der Waals surface area (Å²) in [5.41, 5.74) is -2.07. The number of rotatable bonds is 4. The summed E-state index contributed by atoms with van der Waals surface area (Å²) in [5, 5.41) is 2.59. The number of methoxy groups -OCH3 is 1. The molecule has 0 saturated carbocycles. The molecule has 1 aliphatic heterocycles. The van der Waals surface area contributed by atoms with Gasteiger partial charge in [-0.2, -0.15) is 17.6 Å². The van der Waals surface area contributed by atoms with Gasteiger partial charge in [0.05, 0.1) is 13.2 Å². The number of hydrogen-bond donors (Lipinski definition) is 1. The van der Waals surface area contributed by atoms with E-state index in [2.05, 4.69) is 10.3 Å². The van der Waals surface area contributed by atoms with Gasteiger partial charge in [0.25, 0.3) is 0 Å². The second-order valence-corrected chi connectivity index (χ2v) is 7.72. The maximum absolute atomic E-state index is 14.4. The summed E-state index contributed by atoms with van der Waals surface area (Å²) in [4.78, 5) is 17.9. The molecule has 2 aromatic rings. The van der Waals surface area contributed by atoms with Gasteiger partial charge in [0.2, 0.25) is 11.7 Å². The van der Waals surface area contributed by atoms with Gasteiger partial charge in [-0.15, -0.1) is 0 Å². The standard InChI is InChI=1S/C21H22F5N3O2/c1-11-15(13-5-6-14(22)16(23)18(13)31-4)17(29(3)20(11,2)21(24,25)26)19(30)28-12-7-9-27-10-8-12/h5-11,15,17H,1-4H3,(H,27,28,30)/t11-,15-,17+,20+/m1/s1. The Balaban J connectivity index is 2.16. The van der Waals surface area contributed by atoms with Crippen LogP contribution < -0.4 is 10.1 Å². The van der Waals surface area contributed by atoms with Gasteiger partial charge < -0.3 is 10.1 Å². The molecular weight excluding hydrogens is 421 g/mol. The van der Waals surface area contributed by atoms with E-state index < -0.39 is 52.9 Å². The first-order valence-corrected chi connectivity index (χ1v) is 9.47. The lowest BCUT2D eigenvalue weighted by molar-refractivity contribution is -0.227. The van der Waals surface area contributed by atoms with Gasteiger partial charge in [0, 0.05) is 29.6 Å². The topological polar surface area (TPSA) is 54.5 Å². The summed E-state index contributed by atoms with van der Waals surface area (Å²) < 4.78 is 75.7. The summed E-state index contributed by atoms with van der Waals surface area (Å²) in [7, 11) is 2.30. The van der Waals surface area contributed by atoms with Crippen LogP contribution in [0.3, 0.4) is 0 Å². The maximum atomic E-state index is 14.4. The number of ether oxygens (including phenoxy) is 1. The van der Waals surface area contributed by atoms with Crippen LogP contribution in [-0.2, 0) is 4.79 Å². The van der Waals surface area contributed by atoms with Crippen molar-refractivity contribution >= 4 is 11.6 Å². The Bertz CT molecular complexity index is 969. The summed E-state index contributed by atoms with van der Waals surface area (Å²) in [5.74, 6) is -6.07. The molecule has 0 unspecified atom stereocenters. The third kappa shape index (κ3) is 3.62. The van der Waals surface area contributed by atoms with Crippen molar-refractivity contribution in [1.82, 2.24) is 9.88 Å². The molecule has 168 valence electrons. The lowest BCUT2D eigenvalue weighted by Crippen LogP contribution is -2.57. The molecule has 0 aliphatic carbocycles. The third-order valence-electron chi connectivity index (χ3n) is 6.35. The Kier molecular flexibility index (Phi) is 5.96. The smallest absolute Gasteiger partial charge is 0.406 e. The van der Waals surface area contributed by atoms with Crippen LogP contribution in [0.25, 0.3) is 0 Å². The third-order valence-corrected chi connectivity index (χ3v) is 6.35. The highest BCUT2D eigenvalue weighted by atomic mass is 19.4. The van der Waals surface area contributed by atoms with Gasteiger partial charge in [0.1, 0.15) is 5.54 Å². The van der Waals surface area contributed by atoms with Crippen LogP contribution in [-0.4, -0.2) is 47.7 Å². The molecular formula is C21H22F5N3O2. The van der Waals surface area contributed by atoms with Gasteiger partial charge in [-0.3, -0.25) is 14.7 Å². The number of likely N-dealkylation sites (N-methyl/N-ethyl adjacent to an activating group) is 1. The molecule has 4 atom stereocenters. The minimum atomic E-state index is -4.70. The highest BCUT2D eigenvalue weighted by Gasteiger charge is 2.67. The number of pyridine rings is 1. The van der Waals surface area contributed by atoms with E-state index in [1.807, 2.05) is 0 Å². The van der Waals surface area contributed by atoms with Crippen LogP contribution in [0.15, 0.2) is 36.7 Å². The summed E-state index contributed by atoms with van der Waals surface area (Å²) in [6.07, 6.45) is -1.85. The lowest BCUT2D eigenvalue weighted by atomic mass is 9.76. The van der Waals surface area contributed by atoms with Crippen molar-refractivity contribution in [2.75, 3.05) is 19.5 Å². The molecule has 1 amide bonds. The van der Waals surface area contributed by atoms with Crippen LogP contribution in [0, 0.1) is 17.6 Å². The average molecular weight is 443 g/mol. The molecule has 31 heavy (non-hydrogen) atoms. The first-order valence-electron chi connectivity index (χ1n) is 9.47. The number of nitrogens with one attached hydrogen (secondary N) is 1. The first kappa shape index (κ1) is 22.9. The largest absolute Gasteiger partial charge is 0.493 e. The highest BCUT2D eigenvalue weighted by molar-refractivity contribution is 5.96. The maximum Gasteiger partial charge on any atom is 0.406 e. The number of nitrogens with zero attached hydrogens (tertiary/aromatic N) is 2. The van der Waals surface area contributed by atoms with E-state index in [0.29, 0.717) is 5.69 Å². The van der Waals surface area contributed by atoms with E-state index in [9.17, 15) is 26.7 Å². The fourth-order valence-corrected chi connectivity index (χ4v) is 4.38. The Morgan fingerprint density at radius 3 is 2.35 bits per heavy atom. The molecule has 5 nitrogen and oxygen atoms in total. The molecule has 1 saturated heterocycles. The normalized spacial score (nSPS) is 26.7. The van der Waals surface area contributed by atoms with Gasteiger partial charge in [-0.1, -0.05) is 13.0 Å². The van der Waals surface area contributed by atoms with Crippen molar-refractivity contribution in [3.05, 3.63) is 53.9 Å². The van der Waals surface area contributed by atoms with Crippen molar-refractivity contribution < 1.29 is 31.5 Å². The zero-order chi connectivity index (χ0) is 23.1. The van der Waals surface area contributed by atoms with E-state index >= 15 is 0 Å². The molecule has 1 aromatic carbocycles. The number of likely N-dealkylation sites (tertiary alicyclic amines) is 1. The monoisotopic (exact) mass is 443 g/mol. The number of carbonyl (C=O) groups excluding carboxylic acids is 1. The molecule has 0 spiro atoms. The van der Waals surface area contributed by atoms with Crippen LogP contribution >= 0.6 is 0 Å². The number of hydrogen-bond acceptors (Lipinski definition) is 4. The number of alkyl halides is 3. The number of halogens is 5. The molecule has 3 rings (SSSR count). The Labute approximate surface area is 176 Å². The molecule has 1 aromatic heterocycles. The highest BCUT2D eigenvalue weighted by Crippen LogP contribution is 2.55. The Hall–Kier alpha value is -2.75. The zero-order valence-electron chi connectivity index (χ0n) is 17.3. The van der Waals surface area contributed by atoms with Gasteiger partial charge >= 0.3 is 6.18 Å². The van der Waals surface area contributed by atoms with Crippen molar-refractivity contribution in [3.63, 3.8) is 0 Å². The van der Waals surface area contributed by atoms with Gasteiger partial charge in [-0.05, 0) is 38.1 Å². The fourth-order valence-electron chi connectivity index (χ4n) is 4.38. The van der Waals surface area contributed by atoms with E-state index in [-0.39, 0.29) is 5.56 Å². The number of amides is 1. The molecule has 2 heterocycles. The molecule has 1 N–H and O–H groups in total. The average Bonchev–Trinajstić information content (AvgIpc) is 2.92. The minimum Gasteiger partial charge on any atom is -0.493 e. The second-order valence-electron chi connectivity index (χ2n) is 7.72. The molecule has 1 fully saturated rings. The SMILES string of the molecule is COc1c([C@@H]2[C@@H](C(=O)Nc3ccncc3)N(C)[C@](C)(C(F)(F)F)[C@@H]2C)ccc(F)c1F. The van der Waals surface area contributed by atoms with E-state index in [0.717, 1.165) is 25.0 Å². The number of benzene rings is 1. The zero-order valence-corrected chi connectivity index (χ0v) is 17.3. The number of carbonyl (C=O) groups is 1. The predicted octanol–water partition coefficient (Wildman–Crippen LogP) is 4.36. The van der Waals surface area contributed by atoms with Gasteiger partial charge in [0.15, 0.2) is 11.6 Å². The Morgan fingerprint density at radius 1 is 1.19 bits per heavy atom. The van der Waals surface area contributed by atoms with Gasteiger partial charge in [-0.25, -0.2) is 4.39 Å². The van der Waals surface area contributed by atoms with Crippen molar-refractivity contribution in [2.24, 2.45) is 5.92 Å². The van der Waals surface area contributed by atoms with Crippen molar-refractivity contribution in [3.8, 4) is 5.75 Å². The van der Waals surface area contributed by atoms with Crippen molar-refractivity contribution in [2.45, 2.75) is 37.5 Å². The quantitative estimate of drug-likeness (QED) is 0.714. The van der Waals surface area contributed by atoms with E-state index in [4.69, 9.17) is 4.74 Å². The summed E-state index contributed by atoms with van der Waals surface area (Å²) >= 11 is 0. The molecule has 10 heteroatoms. The fraction of sp³-hybridized carbons (Fsp3) is 0.429. The van der Waals surface area contributed by atoms with Crippen LogP contribution in [0.4, 0.5) is 27.6 Å². The molecule has 0 bridgehead atoms. The molecule has 1 aliphatic rings. The van der Waals surface area contributed by atoms with Crippen molar-refractivity contribution in [1.29, 1.82) is 0 Å². The Morgan fingerprint density at radius 2 is 1.81 bits per heavy atom. The molecule has 0 radical (unpaired) electrons. The predicted molar refractivity (Wildman–Crippen MR) is 104 cm³/mol. The number of aromatic nitrogens is 1. The van der Waals surface area contributed by atoms with E-state index in [1.165, 1.54) is 44.6 Å². The summed E-state index contributed by atoms with van der Waals surface area (Å²) in [6.45, 7) is 2.34. The second kappa shape index (κ2) is 8.07. The van der Waals surface area contributed by atoms with Crippen LogP contribution in [0.2, 0.25) is 0 Å². The van der Waals surface area contributed by atoms with Crippen LogP contribution in [0.5, 0.6) is 5.75 Å². The number of anilines is 1. The lowest BCUT2D eigenvalue weighted by Gasteiger charge is -2.38. The first-order chi connectivity index (χ1) is 14.4.